The Hall–Kier alpha value is -2.90. The lowest BCUT2D eigenvalue weighted by Crippen LogP contribution is -2.36. The number of pyridine rings is 1. The smallest absolute Gasteiger partial charge is 0.255 e. The minimum absolute atomic E-state index is 0.121. The molecule has 0 radical (unpaired) electrons. The van der Waals surface area contributed by atoms with Gasteiger partial charge < -0.3 is 20.5 Å². The first-order chi connectivity index (χ1) is 13.3. The molecule has 3 N–H and O–H groups in total. The molecule has 2 heterocycles. The zero-order valence-corrected chi connectivity index (χ0v) is 15.7. The number of aromatic nitrogens is 1. The van der Waals surface area contributed by atoms with Gasteiger partial charge in [0.05, 0.1) is 17.7 Å². The molecule has 1 aliphatic heterocycles. The average Bonchev–Trinajstić information content (AvgIpc) is 3.40. The van der Waals surface area contributed by atoms with Crippen LogP contribution in [0.25, 0.3) is 10.8 Å². The minimum atomic E-state index is -1.48. The van der Waals surface area contributed by atoms with Crippen LogP contribution in [0.1, 0.15) is 37.0 Å². The van der Waals surface area contributed by atoms with Gasteiger partial charge in [-0.2, -0.15) is 0 Å². The maximum absolute atomic E-state index is 14.1. The van der Waals surface area contributed by atoms with Crippen molar-refractivity contribution in [3.63, 3.8) is 0 Å². The van der Waals surface area contributed by atoms with Crippen molar-refractivity contribution >= 4 is 22.6 Å². The second-order valence-electron chi connectivity index (χ2n) is 7.68. The molecule has 0 unspecified atom stereocenters. The van der Waals surface area contributed by atoms with Crippen LogP contribution in [0, 0.1) is 5.41 Å². The monoisotopic (exact) mass is 387 g/mol. The molecule has 1 aromatic carbocycles. The van der Waals surface area contributed by atoms with Crippen molar-refractivity contribution < 1.29 is 23.5 Å². The van der Waals surface area contributed by atoms with Crippen LogP contribution < -0.4 is 20.5 Å². The number of carbonyl (C=O) groups is 2. The minimum Gasteiger partial charge on any atom is -0.490 e. The Bertz CT molecular complexity index is 958. The molecule has 1 spiro atoms. The molecular formula is C20H22FN3O4. The number of nitrogens with one attached hydrogen (secondary N) is 1. The molecule has 2 aliphatic rings. The van der Waals surface area contributed by atoms with Gasteiger partial charge in [-0.3, -0.25) is 9.59 Å². The Balaban J connectivity index is 1.64. The topological polar surface area (TPSA) is 104 Å². The lowest BCUT2D eigenvalue weighted by molar-refractivity contribution is -0.124. The zero-order valence-electron chi connectivity index (χ0n) is 15.7. The first-order valence-corrected chi connectivity index (χ1v) is 9.28. The number of carbonyl (C=O) groups excluding carboxylic acids is 2. The number of benzene rings is 1. The molecule has 1 saturated heterocycles. The summed E-state index contributed by atoms with van der Waals surface area (Å²) in [4.78, 5) is 27.8. The van der Waals surface area contributed by atoms with Crippen molar-refractivity contribution in [2.24, 2.45) is 11.1 Å². The summed E-state index contributed by atoms with van der Waals surface area (Å²) >= 11 is 0. The number of fused-ring (bicyclic) bond motifs is 1. The second-order valence-corrected chi connectivity index (χ2v) is 7.68. The van der Waals surface area contributed by atoms with E-state index in [4.69, 9.17) is 15.2 Å². The highest BCUT2D eigenvalue weighted by molar-refractivity contribution is 6.01. The maximum Gasteiger partial charge on any atom is 0.255 e. The van der Waals surface area contributed by atoms with Gasteiger partial charge in [-0.1, -0.05) is 0 Å². The van der Waals surface area contributed by atoms with Gasteiger partial charge in [0.2, 0.25) is 5.88 Å². The molecule has 28 heavy (non-hydrogen) atoms. The Kier molecular flexibility index (Phi) is 4.36. The zero-order chi connectivity index (χ0) is 20.1. The summed E-state index contributed by atoms with van der Waals surface area (Å²) in [6.45, 7) is 3.82. The second kappa shape index (κ2) is 6.61. The lowest BCUT2D eigenvalue weighted by atomic mass is 9.96. The number of nitrogens with zero attached hydrogens (tertiary/aromatic N) is 1. The van der Waals surface area contributed by atoms with Gasteiger partial charge in [-0.15, -0.1) is 0 Å². The van der Waals surface area contributed by atoms with Crippen LogP contribution in [0.4, 0.5) is 4.39 Å². The average molecular weight is 387 g/mol. The van der Waals surface area contributed by atoms with E-state index in [9.17, 15) is 14.0 Å². The van der Waals surface area contributed by atoms with E-state index in [0.717, 1.165) is 5.39 Å². The number of alkyl halides is 1. The Labute approximate surface area is 161 Å². The molecule has 1 saturated carbocycles. The van der Waals surface area contributed by atoms with Crippen LogP contribution in [-0.2, 0) is 4.79 Å². The van der Waals surface area contributed by atoms with E-state index < -0.39 is 23.4 Å². The third-order valence-electron chi connectivity index (χ3n) is 5.42. The van der Waals surface area contributed by atoms with Crippen molar-refractivity contribution in [1.82, 2.24) is 10.3 Å². The van der Waals surface area contributed by atoms with E-state index >= 15 is 0 Å². The Morgan fingerprint density at radius 2 is 2.18 bits per heavy atom. The molecule has 4 rings (SSSR count). The van der Waals surface area contributed by atoms with Crippen LogP contribution in [0.2, 0.25) is 0 Å². The van der Waals surface area contributed by atoms with Crippen LogP contribution in [0.3, 0.4) is 0 Å². The summed E-state index contributed by atoms with van der Waals surface area (Å²) in [6, 6.07) is 4.67. The van der Waals surface area contributed by atoms with Crippen LogP contribution >= 0.6 is 0 Å². The fraction of sp³-hybridized carbons (Fsp3) is 0.450. The predicted molar refractivity (Wildman–Crippen MR) is 100 cm³/mol. The number of amides is 2. The maximum atomic E-state index is 14.1. The van der Waals surface area contributed by atoms with Crippen LogP contribution in [0.5, 0.6) is 11.6 Å². The number of rotatable bonds is 6. The van der Waals surface area contributed by atoms with Gasteiger partial charge >= 0.3 is 0 Å². The molecule has 2 amide bonds. The van der Waals surface area contributed by atoms with Gasteiger partial charge in [-0.25, -0.2) is 9.37 Å². The molecule has 1 aliphatic carbocycles. The van der Waals surface area contributed by atoms with Crippen LogP contribution in [-0.4, -0.2) is 41.7 Å². The quantitative estimate of drug-likeness (QED) is 0.790. The fourth-order valence-electron chi connectivity index (χ4n) is 3.78. The standard InChI is InChI=1S/C20H22FN3O4/c1-10(2)28-14-8-12-11(7-13(14)17(22)25)3-6-23-19(12)27-9-15-20(4-5-20)16(21)18(26)24-15/h3,6-8,10,15-16H,4-5,9H2,1-2H3,(H2,22,25)(H,24,26)/t15-,16-/m0/s1. The highest BCUT2D eigenvalue weighted by atomic mass is 19.1. The number of primary amides is 1. The van der Waals surface area contributed by atoms with Crippen molar-refractivity contribution in [2.75, 3.05) is 6.61 Å². The van der Waals surface area contributed by atoms with E-state index in [1.54, 1.807) is 24.4 Å². The molecule has 8 heteroatoms. The molecule has 2 fully saturated rings. The van der Waals surface area contributed by atoms with Crippen molar-refractivity contribution in [3.05, 3.63) is 30.0 Å². The highest BCUT2D eigenvalue weighted by Crippen LogP contribution is 2.55. The normalized spacial score (nSPS) is 22.5. The number of hydrogen-bond acceptors (Lipinski definition) is 5. The molecule has 0 bridgehead atoms. The summed E-state index contributed by atoms with van der Waals surface area (Å²) in [5, 5.41) is 4.05. The molecule has 2 aromatic rings. The van der Waals surface area contributed by atoms with Crippen molar-refractivity contribution in [1.29, 1.82) is 0 Å². The van der Waals surface area contributed by atoms with E-state index in [-0.39, 0.29) is 24.3 Å². The summed E-state index contributed by atoms with van der Waals surface area (Å²) < 4.78 is 25.7. The summed E-state index contributed by atoms with van der Waals surface area (Å²) in [7, 11) is 0. The first kappa shape index (κ1) is 18.5. The predicted octanol–water partition coefficient (Wildman–Crippen LogP) is 2.12. The SMILES string of the molecule is CC(C)Oc1cc2c(OC[C@@H]3NC(=O)[C@H](F)C34CC4)nccc2cc1C(N)=O. The van der Waals surface area contributed by atoms with Crippen LogP contribution in [0.15, 0.2) is 24.4 Å². The number of ether oxygens (including phenoxy) is 2. The van der Waals surface area contributed by atoms with Gasteiger partial charge in [0.15, 0.2) is 6.17 Å². The summed E-state index contributed by atoms with van der Waals surface area (Å²) in [5.74, 6) is -0.482. The Morgan fingerprint density at radius 1 is 1.43 bits per heavy atom. The Morgan fingerprint density at radius 3 is 2.82 bits per heavy atom. The van der Waals surface area contributed by atoms with E-state index in [1.807, 2.05) is 13.8 Å². The largest absolute Gasteiger partial charge is 0.490 e. The molecule has 1 aromatic heterocycles. The molecular weight excluding hydrogens is 365 g/mol. The van der Waals surface area contributed by atoms with E-state index in [0.29, 0.717) is 29.9 Å². The van der Waals surface area contributed by atoms with Crippen molar-refractivity contribution in [3.8, 4) is 11.6 Å². The van der Waals surface area contributed by atoms with Crippen molar-refractivity contribution in [2.45, 2.75) is 45.0 Å². The van der Waals surface area contributed by atoms with Gasteiger partial charge in [0.1, 0.15) is 12.4 Å². The summed E-state index contributed by atoms with van der Waals surface area (Å²) in [6.07, 6.45) is 1.26. The molecule has 7 nitrogen and oxygen atoms in total. The third-order valence-corrected chi connectivity index (χ3v) is 5.42. The highest BCUT2D eigenvalue weighted by Gasteiger charge is 2.63. The van der Waals surface area contributed by atoms with Gasteiger partial charge in [-0.05, 0) is 50.3 Å². The van der Waals surface area contributed by atoms with E-state index in [2.05, 4.69) is 10.3 Å². The third kappa shape index (κ3) is 3.02. The summed E-state index contributed by atoms with van der Waals surface area (Å²) in [5.41, 5.74) is 5.11. The molecule has 2 atom stereocenters. The first-order valence-electron chi connectivity index (χ1n) is 9.28. The number of hydrogen-bond donors (Lipinski definition) is 2. The lowest BCUT2D eigenvalue weighted by Gasteiger charge is -2.19. The number of nitrogens with two attached hydrogens (primary N) is 1. The van der Waals surface area contributed by atoms with Gasteiger partial charge in [0, 0.05) is 17.0 Å². The fourth-order valence-corrected chi connectivity index (χ4v) is 3.78. The molecule has 148 valence electrons. The van der Waals surface area contributed by atoms with Gasteiger partial charge in [0.25, 0.3) is 11.8 Å². The van der Waals surface area contributed by atoms with E-state index in [1.165, 1.54) is 0 Å². The number of halogens is 1.